The number of hydrogen-bond donors (Lipinski definition) is 2. The molecule has 2 N–H and O–H groups in total. The summed E-state index contributed by atoms with van der Waals surface area (Å²) in [7, 11) is 0. The third-order valence-corrected chi connectivity index (χ3v) is 3.26. The topological polar surface area (TPSA) is 67.0 Å². The number of nitrogens with one attached hydrogen (secondary N) is 2. The number of nitrogens with zero attached hydrogens (tertiary/aromatic N) is 1. The zero-order valence-corrected chi connectivity index (χ0v) is 12.5. The Morgan fingerprint density at radius 2 is 2.25 bits per heavy atom. The lowest BCUT2D eigenvalue weighted by Crippen LogP contribution is -2.20. The summed E-state index contributed by atoms with van der Waals surface area (Å²) >= 11 is 3.17. The van der Waals surface area contributed by atoms with Crippen LogP contribution in [0, 0.1) is 19.7 Å². The largest absolute Gasteiger partial charge is 0.483 e. The van der Waals surface area contributed by atoms with E-state index in [4.69, 9.17) is 4.74 Å². The van der Waals surface area contributed by atoms with Crippen LogP contribution in [0.1, 0.15) is 11.4 Å². The van der Waals surface area contributed by atoms with Crippen molar-refractivity contribution in [3.05, 3.63) is 39.9 Å². The molecule has 1 amide bonds. The van der Waals surface area contributed by atoms with Gasteiger partial charge in [0, 0.05) is 0 Å². The van der Waals surface area contributed by atoms with E-state index in [1.165, 1.54) is 18.2 Å². The molecule has 0 spiro atoms. The van der Waals surface area contributed by atoms with Gasteiger partial charge in [-0.2, -0.15) is 5.10 Å². The Labute approximate surface area is 123 Å². The standard InChI is InChI=1S/C13H13BrFN3O2/c1-7-13(8(2)18-17-7)16-12(19)6-20-11-4-3-9(15)5-10(11)14/h3-5H,6H2,1-2H3,(H,16,19)(H,17,18). The third-order valence-electron chi connectivity index (χ3n) is 2.65. The second-order valence-corrected chi connectivity index (χ2v) is 5.07. The third kappa shape index (κ3) is 3.36. The lowest BCUT2D eigenvalue weighted by Gasteiger charge is -2.09. The second-order valence-electron chi connectivity index (χ2n) is 4.22. The van der Waals surface area contributed by atoms with Crippen LogP contribution in [0.15, 0.2) is 22.7 Å². The average molecular weight is 342 g/mol. The molecule has 0 unspecified atom stereocenters. The Kier molecular flexibility index (Phi) is 4.39. The molecule has 0 fully saturated rings. The predicted octanol–water partition coefficient (Wildman–Crippen LogP) is 2.95. The highest BCUT2D eigenvalue weighted by Crippen LogP contribution is 2.25. The highest BCUT2D eigenvalue weighted by atomic mass is 79.9. The number of ether oxygens (including phenoxy) is 1. The minimum Gasteiger partial charge on any atom is -0.483 e. The van der Waals surface area contributed by atoms with Gasteiger partial charge in [0.15, 0.2) is 6.61 Å². The Morgan fingerprint density at radius 3 is 2.85 bits per heavy atom. The summed E-state index contributed by atoms with van der Waals surface area (Å²) in [6.45, 7) is 3.43. The van der Waals surface area contributed by atoms with Gasteiger partial charge in [0.25, 0.3) is 5.91 Å². The summed E-state index contributed by atoms with van der Waals surface area (Å²) in [4.78, 5) is 11.8. The maximum absolute atomic E-state index is 12.9. The number of aromatic amines is 1. The molecule has 0 bridgehead atoms. The summed E-state index contributed by atoms with van der Waals surface area (Å²) < 4.78 is 18.7. The number of benzene rings is 1. The monoisotopic (exact) mass is 341 g/mol. The van der Waals surface area contributed by atoms with Crippen LogP contribution in [0.2, 0.25) is 0 Å². The van der Waals surface area contributed by atoms with Crippen molar-refractivity contribution in [2.24, 2.45) is 0 Å². The normalized spacial score (nSPS) is 10.4. The van der Waals surface area contributed by atoms with Crippen LogP contribution < -0.4 is 10.1 Å². The number of anilines is 1. The molecule has 0 aliphatic carbocycles. The highest BCUT2D eigenvalue weighted by molar-refractivity contribution is 9.10. The first-order valence-electron chi connectivity index (χ1n) is 5.86. The van der Waals surface area contributed by atoms with Crippen molar-refractivity contribution < 1.29 is 13.9 Å². The Hall–Kier alpha value is -1.89. The summed E-state index contributed by atoms with van der Waals surface area (Å²) in [6.07, 6.45) is 0. The van der Waals surface area contributed by atoms with Crippen LogP contribution in [0.5, 0.6) is 5.75 Å². The summed E-state index contributed by atoms with van der Waals surface area (Å²) in [5, 5.41) is 9.47. The van der Waals surface area contributed by atoms with Gasteiger partial charge in [-0.25, -0.2) is 4.39 Å². The van der Waals surface area contributed by atoms with Gasteiger partial charge in [-0.15, -0.1) is 0 Å². The molecular weight excluding hydrogens is 329 g/mol. The number of hydrogen-bond acceptors (Lipinski definition) is 3. The van der Waals surface area contributed by atoms with Crippen LogP contribution in [0.4, 0.5) is 10.1 Å². The lowest BCUT2D eigenvalue weighted by molar-refractivity contribution is -0.118. The Balaban J connectivity index is 1.96. The van der Waals surface area contributed by atoms with Crippen molar-refractivity contribution in [2.45, 2.75) is 13.8 Å². The number of aromatic nitrogens is 2. The van der Waals surface area contributed by atoms with Crippen LogP contribution in [-0.4, -0.2) is 22.7 Å². The maximum atomic E-state index is 12.9. The van der Waals surface area contributed by atoms with Gasteiger partial charge in [-0.3, -0.25) is 9.89 Å². The first-order valence-corrected chi connectivity index (χ1v) is 6.66. The maximum Gasteiger partial charge on any atom is 0.262 e. The number of halogens is 2. The molecule has 106 valence electrons. The Bertz CT molecular complexity index is 623. The molecule has 0 saturated heterocycles. The summed E-state index contributed by atoms with van der Waals surface area (Å²) in [6, 6.07) is 4.00. The first kappa shape index (κ1) is 14.5. The summed E-state index contributed by atoms with van der Waals surface area (Å²) in [5.74, 6) is -0.283. The van der Waals surface area contributed by atoms with E-state index in [0.29, 0.717) is 21.6 Å². The van der Waals surface area contributed by atoms with Gasteiger partial charge >= 0.3 is 0 Å². The summed E-state index contributed by atoms with van der Waals surface area (Å²) in [5.41, 5.74) is 2.13. The smallest absolute Gasteiger partial charge is 0.262 e. The zero-order valence-electron chi connectivity index (χ0n) is 11.0. The molecule has 2 aromatic rings. The average Bonchev–Trinajstić information content (AvgIpc) is 2.69. The number of carbonyl (C=O) groups excluding carboxylic acids is 1. The van der Waals surface area contributed by atoms with Crippen molar-refractivity contribution in [3.8, 4) is 5.75 Å². The molecule has 0 aliphatic rings. The van der Waals surface area contributed by atoms with E-state index >= 15 is 0 Å². The van der Waals surface area contributed by atoms with Crippen molar-refractivity contribution in [1.29, 1.82) is 0 Å². The van der Waals surface area contributed by atoms with E-state index in [-0.39, 0.29) is 18.3 Å². The van der Waals surface area contributed by atoms with E-state index in [9.17, 15) is 9.18 Å². The van der Waals surface area contributed by atoms with Crippen molar-refractivity contribution in [2.75, 3.05) is 11.9 Å². The number of carbonyl (C=O) groups is 1. The number of H-pyrrole nitrogens is 1. The molecule has 0 aliphatic heterocycles. The van der Waals surface area contributed by atoms with Crippen molar-refractivity contribution in [3.63, 3.8) is 0 Å². The van der Waals surface area contributed by atoms with E-state index in [1.54, 1.807) is 6.92 Å². The number of amides is 1. The molecule has 0 atom stereocenters. The van der Waals surface area contributed by atoms with Crippen molar-refractivity contribution >= 4 is 27.5 Å². The van der Waals surface area contributed by atoms with Gasteiger partial charge in [0.1, 0.15) is 11.6 Å². The van der Waals surface area contributed by atoms with Crippen LogP contribution >= 0.6 is 15.9 Å². The predicted molar refractivity (Wildman–Crippen MR) is 76.3 cm³/mol. The van der Waals surface area contributed by atoms with E-state index < -0.39 is 0 Å². The molecule has 0 radical (unpaired) electrons. The van der Waals surface area contributed by atoms with Crippen molar-refractivity contribution in [1.82, 2.24) is 10.2 Å². The minimum absolute atomic E-state index is 0.172. The van der Waals surface area contributed by atoms with Gasteiger partial charge in [0.2, 0.25) is 0 Å². The van der Waals surface area contributed by atoms with Gasteiger partial charge in [-0.05, 0) is 48.0 Å². The van der Waals surface area contributed by atoms with E-state index in [2.05, 4.69) is 31.4 Å². The fourth-order valence-electron chi connectivity index (χ4n) is 1.65. The quantitative estimate of drug-likeness (QED) is 0.898. The van der Waals surface area contributed by atoms with E-state index in [1.807, 2.05) is 6.92 Å². The van der Waals surface area contributed by atoms with Crippen LogP contribution in [-0.2, 0) is 4.79 Å². The fourth-order valence-corrected chi connectivity index (χ4v) is 2.11. The SMILES string of the molecule is Cc1n[nH]c(C)c1NC(=O)COc1ccc(F)cc1Br. The van der Waals surface area contributed by atoms with Gasteiger partial charge < -0.3 is 10.1 Å². The molecule has 20 heavy (non-hydrogen) atoms. The molecular formula is C13H13BrFN3O2. The molecule has 0 saturated carbocycles. The number of aryl methyl sites for hydroxylation is 2. The fraction of sp³-hybridized carbons (Fsp3) is 0.231. The number of rotatable bonds is 4. The highest BCUT2D eigenvalue weighted by Gasteiger charge is 2.11. The Morgan fingerprint density at radius 1 is 1.50 bits per heavy atom. The first-order chi connectivity index (χ1) is 9.47. The van der Waals surface area contributed by atoms with E-state index in [0.717, 1.165) is 5.69 Å². The van der Waals surface area contributed by atoms with Gasteiger partial charge in [0.05, 0.1) is 21.5 Å². The van der Waals surface area contributed by atoms with Gasteiger partial charge in [-0.1, -0.05) is 0 Å². The molecule has 1 aromatic carbocycles. The molecule has 2 rings (SSSR count). The molecule has 1 heterocycles. The molecule has 5 nitrogen and oxygen atoms in total. The minimum atomic E-state index is -0.377. The van der Waals surface area contributed by atoms with Crippen LogP contribution in [0.3, 0.4) is 0 Å². The molecule has 1 aromatic heterocycles. The second kappa shape index (κ2) is 6.04. The lowest BCUT2D eigenvalue weighted by atomic mass is 10.3. The molecule has 7 heteroatoms. The zero-order chi connectivity index (χ0) is 14.7. The van der Waals surface area contributed by atoms with Crippen LogP contribution in [0.25, 0.3) is 0 Å².